The Kier molecular flexibility index (Phi) is 4.76. The lowest BCUT2D eigenvalue weighted by molar-refractivity contribution is 0.240. The number of hydrogen-bond acceptors (Lipinski definition) is 2. The van der Waals surface area contributed by atoms with Crippen molar-refractivity contribution in [3.63, 3.8) is 0 Å². The van der Waals surface area contributed by atoms with Crippen LogP contribution in [-0.4, -0.2) is 17.4 Å². The Labute approximate surface area is 101 Å². The van der Waals surface area contributed by atoms with Gasteiger partial charge in [-0.3, -0.25) is 0 Å². The summed E-state index contributed by atoms with van der Waals surface area (Å²) in [5.74, 6) is 0.714. The van der Waals surface area contributed by atoms with Gasteiger partial charge in [0, 0.05) is 0 Å². The van der Waals surface area contributed by atoms with Crippen LogP contribution in [0.5, 0.6) is 5.75 Å². The summed E-state index contributed by atoms with van der Waals surface area (Å²) in [6.45, 7) is 3.91. The molecule has 1 aromatic carbocycles. The van der Waals surface area contributed by atoms with Gasteiger partial charge in [-0.2, -0.15) is 0 Å². The second kappa shape index (κ2) is 5.63. The van der Waals surface area contributed by atoms with E-state index in [1.165, 1.54) is 0 Å². The molecule has 84 valence electrons. The van der Waals surface area contributed by atoms with Gasteiger partial charge in [-0.15, -0.1) is 0 Å². The van der Waals surface area contributed by atoms with Gasteiger partial charge in [0.1, 0.15) is 16.7 Å². The lowest BCUT2D eigenvalue weighted by atomic mass is 10.3. The fourth-order valence-corrected chi connectivity index (χ4v) is 2.04. The molecule has 1 aromatic rings. The van der Waals surface area contributed by atoms with Crippen LogP contribution < -0.4 is 9.46 Å². The Balaban J connectivity index is 2.99. The van der Waals surface area contributed by atoms with Crippen LogP contribution in [0.3, 0.4) is 0 Å². The highest BCUT2D eigenvalue weighted by molar-refractivity contribution is 9.10. The van der Waals surface area contributed by atoms with E-state index in [4.69, 9.17) is 4.74 Å². The van der Waals surface area contributed by atoms with Crippen LogP contribution in [-0.2, 0) is 11.0 Å². The Morgan fingerprint density at radius 1 is 1.47 bits per heavy atom. The van der Waals surface area contributed by atoms with Crippen molar-refractivity contribution in [3.8, 4) is 5.75 Å². The van der Waals surface area contributed by atoms with Gasteiger partial charge in [0.2, 0.25) is 0 Å². The van der Waals surface area contributed by atoms with Crippen molar-refractivity contribution in [2.24, 2.45) is 0 Å². The molecule has 1 unspecified atom stereocenters. The van der Waals surface area contributed by atoms with E-state index in [1.807, 2.05) is 19.9 Å². The summed E-state index contributed by atoms with van der Waals surface area (Å²) < 4.78 is 20.6. The van der Waals surface area contributed by atoms with Crippen LogP contribution >= 0.6 is 15.9 Å². The molecule has 0 aromatic heterocycles. The lowest BCUT2D eigenvalue weighted by Crippen LogP contribution is -2.11. The third kappa shape index (κ3) is 3.59. The van der Waals surface area contributed by atoms with Crippen LogP contribution in [0.1, 0.15) is 13.8 Å². The number of benzene rings is 1. The van der Waals surface area contributed by atoms with Gasteiger partial charge >= 0.3 is 0 Å². The molecule has 0 radical (unpaired) electrons. The van der Waals surface area contributed by atoms with E-state index in [9.17, 15) is 4.21 Å². The first-order valence-corrected chi connectivity index (χ1v) is 6.54. The van der Waals surface area contributed by atoms with E-state index >= 15 is 0 Å². The van der Waals surface area contributed by atoms with Crippen LogP contribution in [0.2, 0.25) is 0 Å². The quantitative estimate of drug-likeness (QED) is 0.926. The first-order chi connectivity index (χ1) is 7.04. The van der Waals surface area contributed by atoms with E-state index < -0.39 is 11.0 Å². The Hall–Kier alpha value is -0.390. The number of nitrogens with one attached hydrogen (secondary N) is 1. The molecule has 0 aliphatic carbocycles. The van der Waals surface area contributed by atoms with E-state index in [0.717, 1.165) is 4.47 Å². The minimum Gasteiger partial charge on any atom is -0.490 e. The molecule has 0 bridgehead atoms. The zero-order valence-electron chi connectivity index (χ0n) is 8.91. The second-order valence-electron chi connectivity index (χ2n) is 3.23. The predicted molar refractivity (Wildman–Crippen MR) is 65.4 cm³/mol. The van der Waals surface area contributed by atoms with Crippen molar-refractivity contribution in [3.05, 3.63) is 22.7 Å². The van der Waals surface area contributed by atoms with Crippen molar-refractivity contribution in [2.75, 3.05) is 7.05 Å². The topological polar surface area (TPSA) is 38.3 Å². The van der Waals surface area contributed by atoms with Gasteiger partial charge in [0.15, 0.2) is 0 Å². The second-order valence-corrected chi connectivity index (χ2v) is 5.50. The standard InChI is InChI=1S/C10H14BrNO2S/c1-7(2)14-10-6-8(15(13)12-3)4-5-9(10)11/h4-7,12H,1-3H3. The minimum absolute atomic E-state index is 0.0968. The average molecular weight is 292 g/mol. The molecule has 0 aliphatic heterocycles. The molecule has 0 fully saturated rings. The van der Waals surface area contributed by atoms with Crippen LogP contribution in [0.15, 0.2) is 27.6 Å². The smallest absolute Gasteiger partial charge is 0.135 e. The van der Waals surface area contributed by atoms with Crippen molar-refractivity contribution in [1.29, 1.82) is 0 Å². The first-order valence-electron chi connectivity index (χ1n) is 4.60. The summed E-state index contributed by atoms with van der Waals surface area (Å²) in [6.07, 6.45) is 0.0968. The highest BCUT2D eigenvalue weighted by atomic mass is 79.9. The highest BCUT2D eigenvalue weighted by Gasteiger charge is 2.08. The summed E-state index contributed by atoms with van der Waals surface area (Å²) in [4.78, 5) is 0.705. The molecule has 5 heteroatoms. The summed E-state index contributed by atoms with van der Waals surface area (Å²) in [7, 11) is 0.479. The van der Waals surface area contributed by atoms with Gasteiger partial charge < -0.3 is 4.74 Å². The van der Waals surface area contributed by atoms with Gasteiger partial charge in [-0.1, -0.05) is 0 Å². The predicted octanol–water partition coefficient (Wildman–Crippen LogP) is 2.48. The van der Waals surface area contributed by atoms with Crippen LogP contribution in [0.25, 0.3) is 0 Å². The minimum atomic E-state index is -1.17. The largest absolute Gasteiger partial charge is 0.490 e. The summed E-state index contributed by atoms with van der Waals surface area (Å²) in [5, 5.41) is 0. The maximum absolute atomic E-state index is 11.5. The molecule has 0 aliphatic rings. The molecule has 3 nitrogen and oxygen atoms in total. The molecule has 1 N–H and O–H groups in total. The third-order valence-electron chi connectivity index (χ3n) is 1.66. The van der Waals surface area contributed by atoms with Gasteiger partial charge in [-0.05, 0) is 55.0 Å². The van der Waals surface area contributed by atoms with E-state index in [-0.39, 0.29) is 6.10 Å². The number of rotatable bonds is 4. The van der Waals surface area contributed by atoms with E-state index in [1.54, 1.807) is 19.2 Å². The summed E-state index contributed by atoms with van der Waals surface area (Å²) >= 11 is 3.39. The Bertz CT molecular complexity index is 368. The zero-order chi connectivity index (χ0) is 11.4. The van der Waals surface area contributed by atoms with E-state index in [0.29, 0.717) is 10.6 Å². The van der Waals surface area contributed by atoms with Gasteiger partial charge in [0.25, 0.3) is 0 Å². The first kappa shape index (κ1) is 12.7. The molecule has 0 heterocycles. The Morgan fingerprint density at radius 3 is 2.67 bits per heavy atom. The SMILES string of the molecule is CNS(=O)c1ccc(Br)c(OC(C)C)c1. The molecular weight excluding hydrogens is 278 g/mol. The number of hydrogen-bond donors (Lipinski definition) is 1. The van der Waals surface area contributed by atoms with E-state index in [2.05, 4.69) is 20.7 Å². The lowest BCUT2D eigenvalue weighted by Gasteiger charge is -2.12. The molecule has 1 rings (SSSR count). The fraction of sp³-hybridized carbons (Fsp3) is 0.400. The number of ether oxygens (including phenoxy) is 1. The summed E-state index contributed by atoms with van der Waals surface area (Å²) in [6, 6.07) is 5.41. The number of halogens is 1. The molecule has 0 saturated carbocycles. The Morgan fingerprint density at radius 2 is 2.13 bits per heavy atom. The molecule has 0 spiro atoms. The normalized spacial score (nSPS) is 12.9. The van der Waals surface area contributed by atoms with Gasteiger partial charge in [-0.25, -0.2) is 8.93 Å². The highest BCUT2D eigenvalue weighted by Crippen LogP contribution is 2.27. The van der Waals surface area contributed by atoms with Gasteiger partial charge in [0.05, 0.1) is 15.5 Å². The molecule has 0 saturated heterocycles. The van der Waals surface area contributed by atoms with Crippen molar-refractivity contribution in [2.45, 2.75) is 24.8 Å². The van der Waals surface area contributed by atoms with Crippen molar-refractivity contribution < 1.29 is 8.95 Å². The molecular formula is C10H14BrNO2S. The third-order valence-corrected chi connectivity index (χ3v) is 3.37. The van der Waals surface area contributed by atoms with Crippen LogP contribution in [0.4, 0.5) is 0 Å². The maximum Gasteiger partial charge on any atom is 0.135 e. The average Bonchev–Trinajstić information content (AvgIpc) is 2.19. The maximum atomic E-state index is 11.5. The monoisotopic (exact) mass is 291 g/mol. The van der Waals surface area contributed by atoms with Crippen molar-refractivity contribution in [1.82, 2.24) is 4.72 Å². The zero-order valence-corrected chi connectivity index (χ0v) is 11.3. The summed E-state index contributed by atoms with van der Waals surface area (Å²) in [5.41, 5.74) is 0. The van der Waals surface area contributed by atoms with Crippen LogP contribution in [0, 0.1) is 0 Å². The fourth-order valence-electron chi connectivity index (χ4n) is 1.06. The molecule has 1 atom stereocenters. The molecule has 0 amide bonds. The molecule has 15 heavy (non-hydrogen) atoms. The van der Waals surface area contributed by atoms with Crippen molar-refractivity contribution >= 4 is 26.9 Å².